The largest absolute Gasteiger partial charge is 0.453 e. The quantitative estimate of drug-likeness (QED) is 0.570. The van der Waals surface area contributed by atoms with Crippen molar-refractivity contribution in [1.82, 2.24) is 5.32 Å². The number of hydrogen-bond donors (Lipinski definition) is 1. The van der Waals surface area contributed by atoms with E-state index in [1.54, 1.807) is 12.1 Å². The van der Waals surface area contributed by atoms with E-state index in [1.165, 1.54) is 28.7 Å². The van der Waals surface area contributed by atoms with Gasteiger partial charge in [-0.3, -0.25) is 9.59 Å². The van der Waals surface area contributed by atoms with Crippen LogP contribution < -0.4 is 5.32 Å². The molecule has 3 rings (SSSR count). The highest BCUT2D eigenvalue weighted by atomic mass is 32.1. The topological polar surface area (TPSA) is 72.5 Å². The van der Waals surface area contributed by atoms with Crippen molar-refractivity contribution in [3.8, 4) is 0 Å². The lowest BCUT2D eigenvalue weighted by atomic mass is 9.90. The van der Waals surface area contributed by atoms with Crippen molar-refractivity contribution >= 4 is 29.0 Å². The van der Waals surface area contributed by atoms with Gasteiger partial charge in [0.05, 0.1) is 0 Å². The summed E-state index contributed by atoms with van der Waals surface area (Å²) in [5, 5.41) is 2.74. The summed E-state index contributed by atoms with van der Waals surface area (Å²) in [5.74, 6) is -0.0625. The van der Waals surface area contributed by atoms with E-state index in [-0.39, 0.29) is 18.3 Å². The minimum atomic E-state index is -0.424. The predicted molar refractivity (Wildman–Crippen MR) is 109 cm³/mol. The molecule has 0 fully saturated rings. The van der Waals surface area contributed by atoms with Crippen molar-refractivity contribution in [3.63, 3.8) is 0 Å². The van der Waals surface area contributed by atoms with Crippen LogP contribution in [0.4, 0.5) is 0 Å². The first-order valence-electron chi connectivity index (χ1n) is 9.57. The fourth-order valence-corrected chi connectivity index (χ4v) is 4.43. The van der Waals surface area contributed by atoms with E-state index in [0.717, 1.165) is 24.8 Å². The molecule has 1 aliphatic rings. The Kier molecular flexibility index (Phi) is 6.62. The molecular formula is C22H25NO4S. The third kappa shape index (κ3) is 5.29. The number of fused-ring (bicyclic) bond motifs is 1. The molecule has 1 N–H and O–H groups in total. The van der Waals surface area contributed by atoms with E-state index < -0.39 is 5.97 Å². The van der Waals surface area contributed by atoms with Gasteiger partial charge in [0.1, 0.15) is 4.88 Å². The average Bonchev–Trinajstić information content (AvgIpc) is 3.09. The highest BCUT2D eigenvalue weighted by Crippen LogP contribution is 2.32. The van der Waals surface area contributed by atoms with Crippen LogP contribution in [0.3, 0.4) is 0 Å². The maximum absolute atomic E-state index is 12.3. The Morgan fingerprint density at radius 3 is 2.68 bits per heavy atom. The lowest BCUT2D eigenvalue weighted by Crippen LogP contribution is -2.22. The zero-order chi connectivity index (χ0) is 20.1. The molecule has 0 bridgehead atoms. The number of aryl methyl sites for hydroxylation is 1. The number of rotatable bonds is 7. The molecule has 0 aliphatic heterocycles. The van der Waals surface area contributed by atoms with E-state index in [4.69, 9.17) is 4.74 Å². The summed E-state index contributed by atoms with van der Waals surface area (Å²) >= 11 is 1.49. The van der Waals surface area contributed by atoms with E-state index in [9.17, 15) is 14.4 Å². The van der Waals surface area contributed by atoms with Gasteiger partial charge in [-0.25, -0.2) is 4.79 Å². The lowest BCUT2D eigenvalue weighted by Gasteiger charge is -2.16. The third-order valence-corrected chi connectivity index (χ3v) is 6.15. The van der Waals surface area contributed by atoms with E-state index in [1.807, 2.05) is 18.2 Å². The van der Waals surface area contributed by atoms with Crippen LogP contribution in [-0.4, -0.2) is 30.8 Å². The van der Waals surface area contributed by atoms with Crippen molar-refractivity contribution in [2.24, 2.45) is 5.92 Å². The zero-order valence-electron chi connectivity index (χ0n) is 16.2. The van der Waals surface area contributed by atoms with Gasteiger partial charge in [0.25, 0.3) is 0 Å². The second-order valence-corrected chi connectivity index (χ2v) is 8.47. The summed E-state index contributed by atoms with van der Waals surface area (Å²) in [4.78, 5) is 37.3. The average molecular weight is 400 g/mol. The number of carbonyl (C=O) groups is 3. The molecule has 1 atom stereocenters. The van der Waals surface area contributed by atoms with Crippen LogP contribution in [0.2, 0.25) is 0 Å². The fourth-order valence-electron chi connectivity index (χ4n) is 3.33. The lowest BCUT2D eigenvalue weighted by molar-refractivity contribution is -0.118. The number of thiophene rings is 1. The van der Waals surface area contributed by atoms with Crippen LogP contribution in [0.5, 0.6) is 0 Å². The summed E-state index contributed by atoms with van der Waals surface area (Å²) in [6, 6.07) is 9.08. The number of esters is 1. The SMILES string of the molecule is CC(=O)NCCc1ccc(C(=O)COC(=O)c2cc3c(s2)CC[C@@H](C)C3)cc1. The molecule has 0 unspecified atom stereocenters. The van der Waals surface area contributed by atoms with Crippen molar-refractivity contribution in [2.75, 3.05) is 13.2 Å². The van der Waals surface area contributed by atoms with Crippen LogP contribution in [0, 0.1) is 5.92 Å². The maximum Gasteiger partial charge on any atom is 0.348 e. The maximum atomic E-state index is 12.3. The van der Waals surface area contributed by atoms with Crippen molar-refractivity contribution < 1.29 is 19.1 Å². The molecule has 6 heteroatoms. The van der Waals surface area contributed by atoms with Crippen LogP contribution in [0.1, 0.15) is 56.3 Å². The highest BCUT2D eigenvalue weighted by Gasteiger charge is 2.22. The van der Waals surface area contributed by atoms with Gasteiger partial charge in [-0.2, -0.15) is 0 Å². The van der Waals surface area contributed by atoms with Crippen LogP contribution in [0.25, 0.3) is 0 Å². The summed E-state index contributed by atoms with van der Waals surface area (Å²) in [7, 11) is 0. The molecule has 1 aromatic heterocycles. The number of ether oxygens (including phenoxy) is 1. The molecule has 1 aromatic carbocycles. The Labute approximate surface area is 169 Å². The Hall–Kier alpha value is -2.47. The van der Waals surface area contributed by atoms with Gasteiger partial charge in [-0.1, -0.05) is 31.2 Å². The summed E-state index contributed by atoms with van der Waals surface area (Å²) in [6.07, 6.45) is 3.87. The smallest absolute Gasteiger partial charge is 0.348 e. The minimum absolute atomic E-state index is 0.0604. The molecule has 1 aliphatic carbocycles. The van der Waals surface area contributed by atoms with Crippen LogP contribution in [0.15, 0.2) is 30.3 Å². The van der Waals surface area contributed by atoms with Gasteiger partial charge in [0.2, 0.25) is 5.91 Å². The molecule has 1 amide bonds. The molecule has 5 nitrogen and oxygen atoms in total. The van der Waals surface area contributed by atoms with Gasteiger partial charge in [0, 0.05) is 23.9 Å². The fraction of sp³-hybridized carbons (Fsp3) is 0.409. The Balaban J connectivity index is 1.51. The summed E-state index contributed by atoms with van der Waals surface area (Å²) < 4.78 is 5.24. The zero-order valence-corrected chi connectivity index (χ0v) is 17.1. The van der Waals surface area contributed by atoms with Gasteiger partial charge < -0.3 is 10.1 Å². The Bertz CT molecular complexity index is 869. The molecule has 1 heterocycles. The van der Waals surface area contributed by atoms with Gasteiger partial charge in [-0.05, 0) is 48.8 Å². The third-order valence-electron chi connectivity index (χ3n) is 4.93. The summed E-state index contributed by atoms with van der Waals surface area (Å²) in [6.45, 7) is 4.00. The Morgan fingerprint density at radius 1 is 1.21 bits per heavy atom. The molecule has 0 spiro atoms. The van der Waals surface area contributed by atoms with Crippen molar-refractivity contribution in [3.05, 3.63) is 56.8 Å². The van der Waals surface area contributed by atoms with E-state index in [2.05, 4.69) is 12.2 Å². The molecule has 0 radical (unpaired) electrons. The molecule has 148 valence electrons. The Morgan fingerprint density at radius 2 is 1.96 bits per heavy atom. The number of ketones is 1. The first-order valence-corrected chi connectivity index (χ1v) is 10.4. The first-order chi connectivity index (χ1) is 13.4. The van der Waals surface area contributed by atoms with Crippen molar-refractivity contribution in [1.29, 1.82) is 0 Å². The monoisotopic (exact) mass is 399 g/mol. The van der Waals surface area contributed by atoms with Gasteiger partial charge >= 0.3 is 5.97 Å². The number of hydrogen-bond acceptors (Lipinski definition) is 5. The number of carbonyl (C=O) groups excluding carboxylic acids is 3. The number of nitrogens with one attached hydrogen (secondary N) is 1. The van der Waals surface area contributed by atoms with E-state index in [0.29, 0.717) is 29.3 Å². The molecule has 28 heavy (non-hydrogen) atoms. The molecular weight excluding hydrogens is 374 g/mol. The second kappa shape index (κ2) is 9.15. The predicted octanol–water partition coefficient (Wildman–Crippen LogP) is 3.59. The van der Waals surface area contributed by atoms with Crippen LogP contribution in [-0.2, 0) is 28.8 Å². The molecule has 2 aromatic rings. The number of Topliss-reactive ketones (excluding diaryl/α,β-unsaturated/α-hetero) is 1. The highest BCUT2D eigenvalue weighted by molar-refractivity contribution is 7.14. The van der Waals surface area contributed by atoms with Crippen molar-refractivity contribution in [2.45, 2.75) is 39.5 Å². The van der Waals surface area contributed by atoms with E-state index >= 15 is 0 Å². The molecule has 0 saturated heterocycles. The normalized spacial score (nSPS) is 15.6. The van der Waals surface area contributed by atoms with Gasteiger partial charge in [0.15, 0.2) is 12.4 Å². The number of benzene rings is 1. The molecule has 0 saturated carbocycles. The van der Waals surface area contributed by atoms with Crippen LogP contribution >= 0.6 is 11.3 Å². The standard InChI is InChI=1S/C22H25NO4S/c1-14-3-8-20-18(11-14)12-21(28-20)22(26)27-13-19(25)17-6-4-16(5-7-17)9-10-23-15(2)24/h4-7,12,14H,3,8-11,13H2,1-2H3,(H,23,24)/t14-/m1/s1. The summed E-state index contributed by atoms with van der Waals surface area (Å²) in [5.41, 5.74) is 2.79. The van der Waals surface area contributed by atoms with Gasteiger partial charge in [-0.15, -0.1) is 11.3 Å². The minimum Gasteiger partial charge on any atom is -0.453 e. The first kappa shape index (κ1) is 20.3. The number of amides is 1. The second-order valence-electron chi connectivity index (χ2n) is 7.34.